The van der Waals surface area contributed by atoms with Gasteiger partial charge in [0, 0.05) is 5.56 Å². The maximum Gasteiger partial charge on any atom is 0.224 e. The van der Waals surface area contributed by atoms with Gasteiger partial charge < -0.3 is 19.9 Å². The predicted octanol–water partition coefficient (Wildman–Crippen LogP) is 3.48. The van der Waals surface area contributed by atoms with Crippen LogP contribution in [-0.2, 0) is 6.54 Å². The van der Waals surface area contributed by atoms with Gasteiger partial charge in [0.05, 0.1) is 37.9 Å². The molecule has 1 aliphatic rings. The molecule has 30 heavy (non-hydrogen) atoms. The summed E-state index contributed by atoms with van der Waals surface area (Å²) >= 11 is 0. The molecule has 0 amide bonds. The molecule has 0 aliphatic carbocycles. The van der Waals surface area contributed by atoms with E-state index in [1.807, 2.05) is 55.5 Å². The number of nitrogens with zero attached hydrogens (tertiary/aromatic N) is 3. The number of hydrogen-bond acceptors (Lipinski definition) is 6. The Hall–Kier alpha value is -3.92. The van der Waals surface area contributed by atoms with Crippen LogP contribution in [0.4, 0.5) is 0 Å². The molecular weight excluding hydrogens is 380 g/mol. The third-order valence-corrected chi connectivity index (χ3v) is 5.21. The number of ether oxygens (including phenoxy) is 3. The minimum Gasteiger partial charge on any atom is -0.493 e. The Labute approximate surface area is 174 Å². The Morgan fingerprint density at radius 2 is 1.90 bits per heavy atom. The number of para-hydroxylation sites is 1. The van der Waals surface area contributed by atoms with Gasteiger partial charge in [-0.3, -0.25) is 0 Å². The molecule has 0 fully saturated rings. The Morgan fingerprint density at radius 3 is 2.57 bits per heavy atom. The monoisotopic (exact) mass is 402 g/mol. The lowest BCUT2D eigenvalue weighted by molar-refractivity contribution is 0.342. The van der Waals surface area contributed by atoms with Crippen LogP contribution >= 0.6 is 0 Å². The second-order valence-electron chi connectivity index (χ2n) is 6.96. The Bertz CT molecular complexity index is 1160. The van der Waals surface area contributed by atoms with E-state index in [4.69, 9.17) is 25.0 Å². The molecule has 2 aromatic carbocycles. The molecule has 2 heterocycles. The number of nitrogens with two attached hydrogens (primary N) is 1. The van der Waals surface area contributed by atoms with Crippen molar-refractivity contribution in [2.24, 2.45) is 5.73 Å². The molecule has 2 N–H and O–H groups in total. The maximum atomic E-state index is 9.87. The van der Waals surface area contributed by atoms with E-state index in [0.29, 0.717) is 29.5 Å². The number of aromatic nitrogens is 2. The molecule has 0 saturated heterocycles. The van der Waals surface area contributed by atoms with Crippen molar-refractivity contribution in [2.75, 3.05) is 14.2 Å². The van der Waals surface area contributed by atoms with E-state index < -0.39 is 5.92 Å². The number of rotatable bonds is 5. The van der Waals surface area contributed by atoms with E-state index in [2.05, 4.69) is 6.07 Å². The summed E-state index contributed by atoms with van der Waals surface area (Å²) in [6, 6.07) is 17.8. The number of nitriles is 1. The van der Waals surface area contributed by atoms with Gasteiger partial charge >= 0.3 is 0 Å². The fraction of sp³-hybridized carbons (Fsp3) is 0.217. The fourth-order valence-electron chi connectivity index (χ4n) is 3.89. The van der Waals surface area contributed by atoms with Crippen molar-refractivity contribution in [1.82, 2.24) is 9.78 Å². The van der Waals surface area contributed by atoms with Crippen LogP contribution in [0.3, 0.4) is 0 Å². The van der Waals surface area contributed by atoms with E-state index in [1.54, 1.807) is 18.9 Å². The van der Waals surface area contributed by atoms with Crippen LogP contribution < -0.4 is 19.9 Å². The summed E-state index contributed by atoms with van der Waals surface area (Å²) in [5.41, 5.74) is 9.90. The lowest BCUT2D eigenvalue weighted by atomic mass is 9.83. The molecule has 0 radical (unpaired) electrons. The van der Waals surface area contributed by atoms with E-state index in [-0.39, 0.29) is 5.88 Å². The highest BCUT2D eigenvalue weighted by atomic mass is 16.5. The van der Waals surface area contributed by atoms with Gasteiger partial charge in [-0.2, -0.15) is 10.4 Å². The molecule has 0 bridgehead atoms. The van der Waals surface area contributed by atoms with Crippen molar-refractivity contribution in [1.29, 1.82) is 5.26 Å². The maximum absolute atomic E-state index is 9.87. The van der Waals surface area contributed by atoms with Gasteiger partial charge in [0.2, 0.25) is 11.8 Å². The lowest BCUT2D eigenvalue weighted by Gasteiger charge is -2.26. The first kappa shape index (κ1) is 19.4. The standard InChI is InChI=1S/C23H22N4O3/c1-14-19-20(16-10-7-11-18(28-2)21(16)29-3)17(12-24)22(25)30-23(19)27(26-14)13-15-8-5-4-6-9-15/h4-11,20H,13,25H2,1-3H3. The van der Waals surface area contributed by atoms with Crippen molar-refractivity contribution in [3.05, 3.63) is 82.4 Å². The van der Waals surface area contributed by atoms with Crippen LogP contribution in [0, 0.1) is 18.3 Å². The molecule has 152 valence electrons. The number of hydrogen-bond donors (Lipinski definition) is 1. The molecule has 0 saturated carbocycles. The number of allylic oxidation sites excluding steroid dienone is 1. The van der Waals surface area contributed by atoms with E-state index in [9.17, 15) is 5.26 Å². The first-order valence-corrected chi connectivity index (χ1v) is 9.48. The average molecular weight is 402 g/mol. The highest BCUT2D eigenvalue weighted by molar-refractivity contribution is 5.61. The van der Waals surface area contributed by atoms with Crippen LogP contribution in [0.25, 0.3) is 0 Å². The molecule has 1 aliphatic heterocycles. The quantitative estimate of drug-likeness (QED) is 0.702. The Balaban J connectivity index is 1.91. The summed E-state index contributed by atoms with van der Waals surface area (Å²) in [6.45, 7) is 2.42. The second-order valence-corrected chi connectivity index (χ2v) is 6.96. The van der Waals surface area contributed by atoms with Gasteiger partial charge in [0.1, 0.15) is 11.6 Å². The van der Waals surface area contributed by atoms with E-state index >= 15 is 0 Å². The van der Waals surface area contributed by atoms with Crippen LogP contribution in [0.2, 0.25) is 0 Å². The SMILES string of the molecule is COc1cccc(C2C(C#N)=C(N)Oc3c2c(C)nn3Cc2ccccc2)c1OC. The molecule has 1 aromatic heterocycles. The van der Waals surface area contributed by atoms with E-state index in [1.165, 1.54) is 0 Å². The first-order chi connectivity index (χ1) is 14.6. The van der Waals surface area contributed by atoms with Crippen molar-refractivity contribution in [3.8, 4) is 23.4 Å². The topological polar surface area (TPSA) is 95.3 Å². The van der Waals surface area contributed by atoms with Gasteiger partial charge in [0.15, 0.2) is 11.5 Å². The Kier molecular flexibility index (Phi) is 5.07. The minimum absolute atomic E-state index is 0.0640. The molecule has 4 rings (SSSR count). The van der Waals surface area contributed by atoms with Gasteiger partial charge in [-0.25, -0.2) is 4.68 Å². The van der Waals surface area contributed by atoms with E-state index in [0.717, 1.165) is 22.4 Å². The Morgan fingerprint density at radius 1 is 1.13 bits per heavy atom. The fourth-order valence-corrected chi connectivity index (χ4v) is 3.89. The largest absolute Gasteiger partial charge is 0.493 e. The molecule has 1 atom stereocenters. The molecule has 7 nitrogen and oxygen atoms in total. The van der Waals surface area contributed by atoms with Crippen molar-refractivity contribution >= 4 is 0 Å². The summed E-state index contributed by atoms with van der Waals surface area (Å²) in [4.78, 5) is 0. The van der Waals surface area contributed by atoms with Gasteiger partial charge in [-0.05, 0) is 18.6 Å². The first-order valence-electron chi connectivity index (χ1n) is 9.48. The minimum atomic E-state index is -0.478. The third-order valence-electron chi connectivity index (χ3n) is 5.21. The molecular formula is C23H22N4O3. The summed E-state index contributed by atoms with van der Waals surface area (Å²) in [5.74, 6) is 1.24. The van der Waals surface area contributed by atoms with Gasteiger partial charge in [0.25, 0.3) is 0 Å². The van der Waals surface area contributed by atoms with Crippen LogP contribution in [0.1, 0.15) is 28.3 Å². The van der Waals surface area contributed by atoms with Crippen molar-refractivity contribution in [2.45, 2.75) is 19.4 Å². The average Bonchev–Trinajstić information content (AvgIpc) is 3.07. The molecule has 0 spiro atoms. The zero-order valence-corrected chi connectivity index (χ0v) is 17.0. The molecule has 3 aromatic rings. The number of aryl methyl sites for hydroxylation is 1. The summed E-state index contributed by atoms with van der Waals surface area (Å²) in [5, 5.41) is 14.6. The number of fused-ring (bicyclic) bond motifs is 1. The summed E-state index contributed by atoms with van der Waals surface area (Å²) in [7, 11) is 3.15. The second kappa shape index (κ2) is 7.84. The van der Waals surface area contributed by atoms with Gasteiger partial charge in [-0.1, -0.05) is 42.5 Å². The third kappa shape index (κ3) is 3.12. The molecule has 7 heteroatoms. The zero-order valence-electron chi connectivity index (χ0n) is 17.0. The molecule has 1 unspecified atom stereocenters. The van der Waals surface area contributed by atoms with Crippen molar-refractivity contribution < 1.29 is 14.2 Å². The van der Waals surface area contributed by atoms with Crippen LogP contribution in [0.5, 0.6) is 17.4 Å². The highest BCUT2D eigenvalue weighted by Crippen LogP contribution is 2.48. The summed E-state index contributed by atoms with van der Waals surface area (Å²) < 4.78 is 18.8. The number of methoxy groups -OCH3 is 2. The lowest BCUT2D eigenvalue weighted by Crippen LogP contribution is -2.22. The smallest absolute Gasteiger partial charge is 0.224 e. The summed E-state index contributed by atoms with van der Waals surface area (Å²) in [6.07, 6.45) is 0. The van der Waals surface area contributed by atoms with Crippen LogP contribution in [0.15, 0.2) is 60.0 Å². The van der Waals surface area contributed by atoms with Crippen molar-refractivity contribution in [3.63, 3.8) is 0 Å². The normalized spacial score (nSPS) is 15.2. The number of benzene rings is 2. The predicted molar refractivity (Wildman–Crippen MR) is 111 cm³/mol. The van der Waals surface area contributed by atoms with Gasteiger partial charge in [-0.15, -0.1) is 0 Å². The van der Waals surface area contributed by atoms with Crippen LogP contribution in [-0.4, -0.2) is 24.0 Å². The zero-order chi connectivity index (χ0) is 21.3. The highest BCUT2D eigenvalue weighted by Gasteiger charge is 2.37.